The van der Waals surface area contributed by atoms with E-state index in [-0.39, 0.29) is 10.7 Å². The van der Waals surface area contributed by atoms with Gasteiger partial charge >= 0.3 is 5.97 Å². The lowest BCUT2D eigenvalue weighted by atomic mass is 10.1. The van der Waals surface area contributed by atoms with Crippen molar-refractivity contribution in [1.82, 2.24) is 0 Å². The first kappa shape index (κ1) is 17.9. The second kappa shape index (κ2) is 7.90. The molecule has 0 heterocycles. The number of carbonyl (C=O) groups excluding carboxylic acids is 2. The summed E-state index contributed by atoms with van der Waals surface area (Å²) < 4.78 is 17.9. The molecule has 2 rings (SSSR count). The molecule has 0 saturated heterocycles. The molecule has 0 aromatic heterocycles. The number of hydrogen-bond acceptors (Lipinski definition) is 4. The molecule has 0 bridgehead atoms. The highest BCUT2D eigenvalue weighted by molar-refractivity contribution is 6.33. The summed E-state index contributed by atoms with van der Waals surface area (Å²) in [6, 6.07) is 11.7. The number of esters is 1. The van der Waals surface area contributed by atoms with Crippen LogP contribution < -0.4 is 5.32 Å². The Labute approximate surface area is 143 Å². The molecule has 2 atom stereocenters. The van der Waals surface area contributed by atoms with E-state index in [2.05, 4.69) is 5.32 Å². The van der Waals surface area contributed by atoms with Crippen LogP contribution >= 0.6 is 11.6 Å². The Hall–Kier alpha value is -2.44. The van der Waals surface area contributed by atoms with Gasteiger partial charge in [-0.3, -0.25) is 4.79 Å². The fourth-order valence-electron chi connectivity index (χ4n) is 1.89. The number of rotatable bonds is 5. The van der Waals surface area contributed by atoms with Crippen LogP contribution in [0, 0.1) is 5.82 Å². The van der Waals surface area contributed by atoms with E-state index in [4.69, 9.17) is 16.3 Å². The quantitative estimate of drug-likeness (QED) is 0.812. The molecule has 0 fully saturated rings. The third-order valence-electron chi connectivity index (χ3n) is 3.19. The van der Waals surface area contributed by atoms with E-state index >= 15 is 0 Å². The number of aliphatic hydroxyl groups excluding tert-OH is 1. The molecule has 0 unspecified atom stereocenters. The van der Waals surface area contributed by atoms with Crippen LogP contribution in [0.5, 0.6) is 0 Å². The van der Waals surface area contributed by atoms with Crippen molar-refractivity contribution < 1.29 is 23.8 Å². The number of nitrogens with one attached hydrogen (secondary N) is 1. The first-order valence-corrected chi connectivity index (χ1v) is 7.45. The van der Waals surface area contributed by atoms with Crippen LogP contribution in [0.15, 0.2) is 48.5 Å². The molecule has 126 valence electrons. The third-order valence-corrected chi connectivity index (χ3v) is 3.50. The summed E-state index contributed by atoms with van der Waals surface area (Å²) in [6.07, 6.45) is -2.66. The van der Waals surface area contributed by atoms with Crippen LogP contribution in [-0.4, -0.2) is 23.1 Å². The SMILES string of the molecule is C[C@@H](OC(=O)[C@@H](O)c1ccccc1)C(=O)Nc1ccc(F)cc1Cl. The fraction of sp³-hybridized carbons (Fsp3) is 0.176. The van der Waals surface area contributed by atoms with Crippen LogP contribution in [0.4, 0.5) is 10.1 Å². The Morgan fingerprint density at radius 1 is 1.21 bits per heavy atom. The minimum atomic E-state index is -1.49. The molecule has 1 amide bonds. The van der Waals surface area contributed by atoms with Crippen LogP contribution in [0.2, 0.25) is 5.02 Å². The predicted molar refractivity (Wildman–Crippen MR) is 87.0 cm³/mol. The van der Waals surface area contributed by atoms with E-state index in [1.807, 2.05) is 0 Å². The highest BCUT2D eigenvalue weighted by Gasteiger charge is 2.24. The smallest absolute Gasteiger partial charge is 0.340 e. The van der Waals surface area contributed by atoms with E-state index in [0.717, 1.165) is 12.1 Å². The van der Waals surface area contributed by atoms with Gasteiger partial charge in [0, 0.05) is 0 Å². The van der Waals surface area contributed by atoms with Gasteiger partial charge in [0.25, 0.3) is 5.91 Å². The van der Waals surface area contributed by atoms with Gasteiger partial charge in [-0.25, -0.2) is 9.18 Å². The topological polar surface area (TPSA) is 75.6 Å². The average molecular weight is 352 g/mol. The standard InChI is InChI=1S/C17H15ClFNO4/c1-10(16(22)20-14-8-7-12(19)9-13(14)18)24-17(23)15(21)11-5-3-2-4-6-11/h2-10,15,21H,1H3,(H,20,22)/t10-,15+/m1/s1. The summed E-state index contributed by atoms with van der Waals surface area (Å²) >= 11 is 5.81. The van der Waals surface area contributed by atoms with Crippen molar-refractivity contribution >= 4 is 29.2 Å². The van der Waals surface area contributed by atoms with Crippen molar-refractivity contribution in [3.8, 4) is 0 Å². The maximum absolute atomic E-state index is 13.0. The van der Waals surface area contributed by atoms with Gasteiger partial charge in [-0.2, -0.15) is 0 Å². The molecule has 0 aliphatic rings. The number of ether oxygens (including phenoxy) is 1. The number of hydrogen-bond donors (Lipinski definition) is 2. The summed E-state index contributed by atoms with van der Waals surface area (Å²) in [5.41, 5.74) is 0.547. The molecule has 2 aromatic carbocycles. The van der Waals surface area contributed by atoms with Crippen LogP contribution in [0.1, 0.15) is 18.6 Å². The highest BCUT2D eigenvalue weighted by Crippen LogP contribution is 2.23. The lowest BCUT2D eigenvalue weighted by molar-refractivity contribution is -0.162. The molecule has 0 aliphatic carbocycles. The van der Waals surface area contributed by atoms with Crippen molar-refractivity contribution in [1.29, 1.82) is 0 Å². The average Bonchev–Trinajstić information content (AvgIpc) is 2.57. The summed E-state index contributed by atoms with van der Waals surface area (Å²) in [6.45, 7) is 1.35. The second-order valence-electron chi connectivity index (χ2n) is 5.01. The lowest BCUT2D eigenvalue weighted by Gasteiger charge is -2.16. The number of anilines is 1. The highest BCUT2D eigenvalue weighted by atomic mass is 35.5. The maximum Gasteiger partial charge on any atom is 0.340 e. The molecule has 0 saturated carbocycles. The van der Waals surface area contributed by atoms with Gasteiger partial charge in [0.1, 0.15) is 5.82 Å². The maximum atomic E-state index is 13.0. The van der Waals surface area contributed by atoms with Gasteiger partial charge in [-0.05, 0) is 30.7 Å². The van der Waals surface area contributed by atoms with Crippen LogP contribution in [-0.2, 0) is 14.3 Å². The zero-order chi connectivity index (χ0) is 17.7. The fourth-order valence-corrected chi connectivity index (χ4v) is 2.10. The minimum absolute atomic E-state index is 0.0196. The molecular formula is C17H15ClFNO4. The molecule has 0 radical (unpaired) electrons. The van der Waals surface area contributed by atoms with Crippen LogP contribution in [0.3, 0.4) is 0 Å². The van der Waals surface area contributed by atoms with Crippen molar-refractivity contribution in [3.05, 3.63) is 64.9 Å². The first-order valence-electron chi connectivity index (χ1n) is 7.08. The summed E-state index contributed by atoms with van der Waals surface area (Å²) in [5.74, 6) is -2.14. The number of carbonyl (C=O) groups is 2. The van der Waals surface area contributed by atoms with Gasteiger partial charge in [-0.1, -0.05) is 41.9 Å². The van der Waals surface area contributed by atoms with Gasteiger partial charge in [-0.15, -0.1) is 0 Å². The zero-order valence-corrected chi connectivity index (χ0v) is 13.5. The Morgan fingerprint density at radius 2 is 1.88 bits per heavy atom. The zero-order valence-electron chi connectivity index (χ0n) is 12.7. The Bertz CT molecular complexity index is 739. The molecular weight excluding hydrogens is 337 g/mol. The molecule has 5 nitrogen and oxygen atoms in total. The van der Waals surface area contributed by atoms with Gasteiger partial charge in [0.2, 0.25) is 0 Å². The summed E-state index contributed by atoms with van der Waals surface area (Å²) in [7, 11) is 0. The Morgan fingerprint density at radius 3 is 2.50 bits per heavy atom. The Balaban J connectivity index is 1.97. The second-order valence-corrected chi connectivity index (χ2v) is 5.41. The predicted octanol–water partition coefficient (Wildman–Crippen LogP) is 3.08. The molecule has 2 N–H and O–H groups in total. The van der Waals surface area contributed by atoms with Crippen LogP contribution in [0.25, 0.3) is 0 Å². The molecule has 7 heteroatoms. The number of amides is 1. The Kier molecular flexibility index (Phi) is 5.89. The van der Waals surface area contributed by atoms with Crippen molar-refractivity contribution in [2.75, 3.05) is 5.32 Å². The van der Waals surface area contributed by atoms with Crippen molar-refractivity contribution in [2.24, 2.45) is 0 Å². The van der Waals surface area contributed by atoms with E-state index in [0.29, 0.717) is 5.56 Å². The monoisotopic (exact) mass is 351 g/mol. The largest absolute Gasteiger partial charge is 0.450 e. The van der Waals surface area contributed by atoms with E-state index in [1.165, 1.54) is 13.0 Å². The number of benzene rings is 2. The van der Waals surface area contributed by atoms with Crippen molar-refractivity contribution in [3.63, 3.8) is 0 Å². The van der Waals surface area contributed by atoms with E-state index in [9.17, 15) is 19.1 Å². The molecule has 0 spiro atoms. The number of aliphatic hydroxyl groups is 1. The van der Waals surface area contributed by atoms with Gasteiger partial charge in [0.05, 0.1) is 10.7 Å². The minimum Gasteiger partial charge on any atom is -0.450 e. The van der Waals surface area contributed by atoms with Gasteiger partial charge in [0.15, 0.2) is 12.2 Å². The molecule has 0 aliphatic heterocycles. The van der Waals surface area contributed by atoms with Crippen molar-refractivity contribution in [2.45, 2.75) is 19.1 Å². The summed E-state index contributed by atoms with van der Waals surface area (Å²) in [4.78, 5) is 23.9. The van der Waals surface area contributed by atoms with E-state index in [1.54, 1.807) is 30.3 Å². The summed E-state index contributed by atoms with van der Waals surface area (Å²) in [5, 5.41) is 12.4. The first-order chi connectivity index (χ1) is 11.4. The number of halogens is 2. The third kappa shape index (κ3) is 4.53. The lowest BCUT2D eigenvalue weighted by Crippen LogP contribution is -2.31. The normalized spacial score (nSPS) is 13.0. The molecule has 2 aromatic rings. The van der Waals surface area contributed by atoms with E-state index < -0.39 is 29.9 Å². The van der Waals surface area contributed by atoms with Gasteiger partial charge < -0.3 is 15.2 Å². The molecule has 24 heavy (non-hydrogen) atoms.